The molecule has 1 aromatic rings. The molecule has 1 N–H and O–H groups in total. The molecule has 4 nitrogen and oxygen atoms in total. The Balaban J connectivity index is 1.80. The fourth-order valence-electron chi connectivity index (χ4n) is 3.77. The van der Waals surface area contributed by atoms with Gasteiger partial charge in [0.1, 0.15) is 5.54 Å². The Hall–Kier alpha value is -1.84. The van der Waals surface area contributed by atoms with E-state index in [0.29, 0.717) is 6.54 Å². The molecule has 1 saturated heterocycles. The Kier molecular flexibility index (Phi) is 3.94. The van der Waals surface area contributed by atoms with Crippen molar-refractivity contribution < 1.29 is 9.59 Å². The van der Waals surface area contributed by atoms with Crippen LogP contribution in [0.3, 0.4) is 0 Å². The van der Waals surface area contributed by atoms with E-state index in [2.05, 4.69) is 5.32 Å². The van der Waals surface area contributed by atoms with Crippen molar-refractivity contribution in [3.63, 3.8) is 0 Å². The molecule has 1 aliphatic carbocycles. The van der Waals surface area contributed by atoms with Gasteiger partial charge in [-0.15, -0.1) is 0 Å². The lowest BCUT2D eigenvalue weighted by atomic mass is 9.75. The topological polar surface area (TPSA) is 49.4 Å². The van der Waals surface area contributed by atoms with Gasteiger partial charge in [-0.05, 0) is 43.7 Å². The van der Waals surface area contributed by atoms with Crippen LogP contribution in [0.4, 0.5) is 4.79 Å². The molecule has 1 aromatic carbocycles. The highest BCUT2D eigenvalue weighted by Crippen LogP contribution is 2.36. The molecule has 1 atom stereocenters. The smallest absolute Gasteiger partial charge is 0.323 e. The number of carbonyl (C=O) groups excluding carboxylic acids is 2. The summed E-state index contributed by atoms with van der Waals surface area (Å²) in [5.74, 6) is 0.201. The number of benzene rings is 1. The van der Waals surface area contributed by atoms with Gasteiger partial charge < -0.3 is 5.32 Å². The molecule has 1 heterocycles. The van der Waals surface area contributed by atoms with Crippen LogP contribution in [0.25, 0.3) is 0 Å². The highest BCUT2D eigenvalue weighted by atomic mass is 16.2. The molecular formula is C18H24N2O2. The SMILES string of the molecule is Cc1ccccc1CN1C(=O)N[C@](C)(C2CCCCC2)C1=O. The van der Waals surface area contributed by atoms with E-state index >= 15 is 0 Å². The average Bonchev–Trinajstić information content (AvgIpc) is 2.75. The molecule has 0 aromatic heterocycles. The third-order valence-corrected chi connectivity index (χ3v) is 5.31. The first-order valence-electron chi connectivity index (χ1n) is 8.21. The Morgan fingerprint density at radius 2 is 1.86 bits per heavy atom. The van der Waals surface area contributed by atoms with Gasteiger partial charge in [0.05, 0.1) is 6.54 Å². The van der Waals surface area contributed by atoms with E-state index in [0.717, 1.165) is 36.8 Å². The minimum absolute atomic E-state index is 0.0624. The number of imide groups is 1. The van der Waals surface area contributed by atoms with E-state index in [1.807, 2.05) is 38.1 Å². The zero-order chi connectivity index (χ0) is 15.7. The summed E-state index contributed by atoms with van der Waals surface area (Å²) < 4.78 is 0. The fraction of sp³-hybridized carbons (Fsp3) is 0.556. The second kappa shape index (κ2) is 5.75. The van der Waals surface area contributed by atoms with Gasteiger partial charge in [-0.3, -0.25) is 9.69 Å². The number of nitrogens with zero attached hydrogens (tertiary/aromatic N) is 1. The number of hydrogen-bond donors (Lipinski definition) is 1. The predicted octanol–water partition coefficient (Wildman–Crippen LogP) is 3.39. The molecule has 1 aliphatic heterocycles. The van der Waals surface area contributed by atoms with Crippen molar-refractivity contribution in [2.24, 2.45) is 5.92 Å². The summed E-state index contributed by atoms with van der Waals surface area (Å²) in [7, 11) is 0. The Morgan fingerprint density at radius 3 is 2.55 bits per heavy atom. The van der Waals surface area contributed by atoms with Crippen LogP contribution in [-0.2, 0) is 11.3 Å². The standard InChI is InChI=1S/C18H24N2O2/c1-13-8-6-7-9-14(13)12-20-16(21)18(2,19-17(20)22)15-10-4-3-5-11-15/h6-9,15H,3-5,10-12H2,1-2H3,(H,19,22)/t18-/m1/s1. The van der Waals surface area contributed by atoms with Crippen molar-refractivity contribution in [1.82, 2.24) is 10.2 Å². The average molecular weight is 300 g/mol. The zero-order valence-electron chi connectivity index (χ0n) is 13.4. The minimum atomic E-state index is -0.722. The fourth-order valence-corrected chi connectivity index (χ4v) is 3.77. The van der Waals surface area contributed by atoms with Gasteiger partial charge in [-0.2, -0.15) is 0 Å². The molecule has 2 aliphatic rings. The Labute approximate surface area is 131 Å². The summed E-state index contributed by atoms with van der Waals surface area (Å²) in [5, 5.41) is 2.98. The molecule has 0 bridgehead atoms. The highest BCUT2D eigenvalue weighted by Gasteiger charge is 2.52. The van der Waals surface area contributed by atoms with Gasteiger partial charge in [-0.25, -0.2) is 4.79 Å². The van der Waals surface area contributed by atoms with E-state index in [1.54, 1.807) is 0 Å². The van der Waals surface area contributed by atoms with Crippen LogP contribution < -0.4 is 5.32 Å². The first-order valence-corrected chi connectivity index (χ1v) is 8.21. The van der Waals surface area contributed by atoms with Crippen LogP contribution in [0.5, 0.6) is 0 Å². The van der Waals surface area contributed by atoms with Crippen molar-refractivity contribution in [2.75, 3.05) is 0 Å². The predicted molar refractivity (Wildman–Crippen MR) is 85.2 cm³/mol. The normalized spacial score (nSPS) is 26.4. The van der Waals surface area contributed by atoms with Gasteiger partial charge >= 0.3 is 6.03 Å². The first-order chi connectivity index (χ1) is 10.5. The number of urea groups is 1. The zero-order valence-corrected chi connectivity index (χ0v) is 13.4. The second-order valence-electron chi connectivity index (χ2n) is 6.79. The summed E-state index contributed by atoms with van der Waals surface area (Å²) in [6, 6.07) is 7.65. The number of nitrogens with one attached hydrogen (secondary N) is 1. The quantitative estimate of drug-likeness (QED) is 0.870. The Bertz CT molecular complexity index is 593. The van der Waals surface area contributed by atoms with Gasteiger partial charge in [-0.1, -0.05) is 43.5 Å². The monoisotopic (exact) mass is 300 g/mol. The molecule has 2 fully saturated rings. The third-order valence-electron chi connectivity index (χ3n) is 5.31. The summed E-state index contributed by atoms with van der Waals surface area (Å²) in [5.41, 5.74) is 1.41. The van der Waals surface area contributed by atoms with Crippen LogP contribution in [-0.4, -0.2) is 22.4 Å². The number of hydrogen-bond acceptors (Lipinski definition) is 2. The van der Waals surface area contributed by atoms with Crippen molar-refractivity contribution >= 4 is 11.9 Å². The lowest BCUT2D eigenvalue weighted by Gasteiger charge is -2.34. The van der Waals surface area contributed by atoms with Crippen LogP contribution in [0.2, 0.25) is 0 Å². The minimum Gasteiger partial charge on any atom is -0.323 e. The van der Waals surface area contributed by atoms with E-state index in [9.17, 15) is 9.59 Å². The van der Waals surface area contributed by atoms with E-state index < -0.39 is 5.54 Å². The van der Waals surface area contributed by atoms with Crippen LogP contribution in [0, 0.1) is 12.8 Å². The molecule has 1 saturated carbocycles. The maximum absolute atomic E-state index is 12.9. The molecule has 3 rings (SSSR count). The molecule has 0 spiro atoms. The summed E-state index contributed by atoms with van der Waals surface area (Å²) in [6.07, 6.45) is 5.60. The second-order valence-corrected chi connectivity index (χ2v) is 6.79. The summed E-state index contributed by atoms with van der Waals surface area (Å²) in [6.45, 7) is 4.27. The molecule has 4 heteroatoms. The molecular weight excluding hydrogens is 276 g/mol. The maximum Gasteiger partial charge on any atom is 0.325 e. The first kappa shape index (κ1) is 15.1. The number of rotatable bonds is 3. The van der Waals surface area contributed by atoms with E-state index in [1.165, 1.54) is 11.3 Å². The van der Waals surface area contributed by atoms with Gasteiger partial charge in [0.15, 0.2) is 0 Å². The highest BCUT2D eigenvalue weighted by molar-refractivity contribution is 6.06. The van der Waals surface area contributed by atoms with Crippen LogP contribution >= 0.6 is 0 Å². The summed E-state index contributed by atoms with van der Waals surface area (Å²) >= 11 is 0. The van der Waals surface area contributed by atoms with Gasteiger partial charge in [0.2, 0.25) is 0 Å². The summed E-state index contributed by atoms with van der Waals surface area (Å²) in [4.78, 5) is 26.6. The molecule has 0 unspecified atom stereocenters. The van der Waals surface area contributed by atoms with E-state index in [-0.39, 0.29) is 17.9 Å². The van der Waals surface area contributed by atoms with E-state index in [4.69, 9.17) is 0 Å². The maximum atomic E-state index is 12.9. The molecule has 3 amide bonds. The Morgan fingerprint density at radius 1 is 1.18 bits per heavy atom. The number of aryl methyl sites for hydroxylation is 1. The number of amides is 3. The lowest BCUT2D eigenvalue weighted by molar-refractivity contribution is -0.133. The number of carbonyl (C=O) groups is 2. The van der Waals surface area contributed by atoms with Crippen LogP contribution in [0.15, 0.2) is 24.3 Å². The largest absolute Gasteiger partial charge is 0.325 e. The molecule has 22 heavy (non-hydrogen) atoms. The molecule has 118 valence electrons. The van der Waals surface area contributed by atoms with Crippen molar-refractivity contribution in [3.05, 3.63) is 35.4 Å². The molecule has 0 radical (unpaired) electrons. The van der Waals surface area contributed by atoms with Crippen LogP contribution in [0.1, 0.15) is 50.2 Å². The van der Waals surface area contributed by atoms with Crippen molar-refractivity contribution in [1.29, 1.82) is 0 Å². The van der Waals surface area contributed by atoms with Crippen molar-refractivity contribution in [2.45, 2.75) is 58.0 Å². The van der Waals surface area contributed by atoms with Gasteiger partial charge in [0, 0.05) is 0 Å². The third kappa shape index (κ3) is 2.51. The lowest BCUT2D eigenvalue weighted by Crippen LogP contribution is -2.51. The van der Waals surface area contributed by atoms with Gasteiger partial charge in [0.25, 0.3) is 5.91 Å². The van der Waals surface area contributed by atoms with Crippen molar-refractivity contribution in [3.8, 4) is 0 Å².